The first-order chi connectivity index (χ1) is 10.5. The van der Waals surface area contributed by atoms with Crippen molar-refractivity contribution in [1.82, 2.24) is 0 Å². The zero-order valence-electron chi connectivity index (χ0n) is 12.3. The molecule has 4 nitrogen and oxygen atoms in total. The molecule has 1 aliphatic heterocycles. The van der Waals surface area contributed by atoms with E-state index in [2.05, 4.69) is 5.32 Å². The molecule has 0 spiro atoms. The highest BCUT2D eigenvalue weighted by molar-refractivity contribution is 6.35. The third-order valence-electron chi connectivity index (χ3n) is 3.78. The molecule has 1 amide bonds. The Bertz CT molecular complexity index is 834. The van der Waals surface area contributed by atoms with Gasteiger partial charge in [0.05, 0.1) is 5.56 Å². The Morgan fingerprint density at radius 3 is 2.64 bits per heavy atom. The number of fused-ring (bicyclic) bond motifs is 1. The zero-order chi connectivity index (χ0) is 15.9. The monoisotopic (exact) mass is 293 g/mol. The first-order valence-electron chi connectivity index (χ1n) is 6.94. The number of nitrogens with one attached hydrogen (secondary N) is 1. The zero-order valence-corrected chi connectivity index (χ0v) is 12.3. The molecule has 0 bridgehead atoms. The van der Waals surface area contributed by atoms with E-state index in [-0.39, 0.29) is 11.5 Å². The van der Waals surface area contributed by atoms with Crippen LogP contribution in [0.15, 0.2) is 36.4 Å². The van der Waals surface area contributed by atoms with Crippen molar-refractivity contribution in [3.8, 4) is 0 Å². The molecule has 0 aliphatic carbocycles. The van der Waals surface area contributed by atoms with Crippen molar-refractivity contribution >= 4 is 29.2 Å². The van der Waals surface area contributed by atoms with E-state index in [0.29, 0.717) is 16.8 Å². The number of hydrogen-bond donors (Lipinski definition) is 2. The van der Waals surface area contributed by atoms with Gasteiger partial charge in [0.15, 0.2) is 0 Å². The lowest BCUT2D eigenvalue weighted by molar-refractivity contribution is -0.110. The fourth-order valence-electron chi connectivity index (χ4n) is 2.54. The lowest BCUT2D eigenvalue weighted by Gasteiger charge is -2.04. The summed E-state index contributed by atoms with van der Waals surface area (Å²) in [5, 5.41) is 11.9. The molecule has 2 aromatic rings. The summed E-state index contributed by atoms with van der Waals surface area (Å²) in [7, 11) is 0. The van der Waals surface area contributed by atoms with E-state index in [1.165, 1.54) is 12.1 Å². The number of anilines is 1. The number of carbonyl (C=O) groups is 2. The van der Waals surface area contributed by atoms with Gasteiger partial charge in [0.25, 0.3) is 5.91 Å². The number of aromatic carboxylic acids is 1. The van der Waals surface area contributed by atoms with Crippen LogP contribution >= 0.6 is 0 Å². The van der Waals surface area contributed by atoms with Crippen LogP contribution < -0.4 is 5.32 Å². The van der Waals surface area contributed by atoms with E-state index in [1.54, 1.807) is 6.07 Å². The van der Waals surface area contributed by atoms with Gasteiger partial charge in [-0.25, -0.2) is 4.79 Å². The molecular weight excluding hydrogens is 278 g/mol. The van der Waals surface area contributed by atoms with Gasteiger partial charge >= 0.3 is 5.97 Å². The average molecular weight is 293 g/mol. The number of carbonyl (C=O) groups excluding carboxylic acids is 1. The number of amides is 1. The van der Waals surface area contributed by atoms with Gasteiger partial charge in [0, 0.05) is 16.8 Å². The van der Waals surface area contributed by atoms with Crippen LogP contribution in [-0.2, 0) is 4.79 Å². The van der Waals surface area contributed by atoms with Crippen molar-refractivity contribution < 1.29 is 14.7 Å². The topological polar surface area (TPSA) is 66.4 Å². The Balaban J connectivity index is 2.15. The molecule has 3 rings (SSSR count). The summed E-state index contributed by atoms with van der Waals surface area (Å²) in [6, 6.07) is 10.7. The summed E-state index contributed by atoms with van der Waals surface area (Å²) in [6.07, 6.45) is 1.81. The SMILES string of the molecule is Cc1ccc(C)c(/C=C2/C(=O)Nc3ccc(C(=O)O)cc32)c1. The number of hydrogen-bond acceptors (Lipinski definition) is 2. The van der Waals surface area contributed by atoms with Gasteiger partial charge in [0.1, 0.15) is 0 Å². The predicted octanol–water partition coefficient (Wildman–Crippen LogP) is 3.49. The number of carboxylic acid groups (broad SMARTS) is 1. The molecule has 0 saturated heterocycles. The summed E-state index contributed by atoms with van der Waals surface area (Å²) < 4.78 is 0. The van der Waals surface area contributed by atoms with E-state index in [4.69, 9.17) is 5.11 Å². The van der Waals surface area contributed by atoms with Crippen molar-refractivity contribution in [3.63, 3.8) is 0 Å². The van der Waals surface area contributed by atoms with Crippen molar-refractivity contribution in [3.05, 3.63) is 64.2 Å². The van der Waals surface area contributed by atoms with Crippen LogP contribution in [0.3, 0.4) is 0 Å². The van der Waals surface area contributed by atoms with E-state index in [0.717, 1.165) is 16.7 Å². The van der Waals surface area contributed by atoms with Crippen molar-refractivity contribution in [1.29, 1.82) is 0 Å². The maximum Gasteiger partial charge on any atom is 0.335 e. The largest absolute Gasteiger partial charge is 0.478 e. The molecule has 22 heavy (non-hydrogen) atoms. The van der Waals surface area contributed by atoms with Crippen LogP contribution in [0.1, 0.15) is 32.6 Å². The first-order valence-corrected chi connectivity index (χ1v) is 6.94. The minimum Gasteiger partial charge on any atom is -0.478 e. The lowest BCUT2D eigenvalue weighted by Crippen LogP contribution is -2.03. The van der Waals surface area contributed by atoms with Gasteiger partial charge in [-0.3, -0.25) is 4.79 Å². The highest BCUT2D eigenvalue weighted by Crippen LogP contribution is 2.34. The van der Waals surface area contributed by atoms with Crippen LogP contribution in [0.4, 0.5) is 5.69 Å². The second-order valence-electron chi connectivity index (χ2n) is 5.44. The van der Waals surface area contributed by atoms with Crippen molar-refractivity contribution in [2.75, 3.05) is 5.32 Å². The average Bonchev–Trinajstić information content (AvgIpc) is 2.78. The maximum absolute atomic E-state index is 12.2. The molecule has 0 radical (unpaired) electrons. The first kappa shape index (κ1) is 14.1. The quantitative estimate of drug-likeness (QED) is 0.833. The molecule has 2 N–H and O–H groups in total. The van der Waals surface area contributed by atoms with Crippen LogP contribution in [0.25, 0.3) is 11.6 Å². The molecule has 0 unspecified atom stereocenters. The molecule has 0 fully saturated rings. The summed E-state index contributed by atoms with van der Waals surface area (Å²) in [5.74, 6) is -1.22. The molecule has 110 valence electrons. The van der Waals surface area contributed by atoms with E-state index in [9.17, 15) is 9.59 Å². The van der Waals surface area contributed by atoms with Crippen LogP contribution in [0, 0.1) is 13.8 Å². The number of aryl methyl sites for hydroxylation is 2. The fourth-order valence-corrected chi connectivity index (χ4v) is 2.54. The highest BCUT2D eigenvalue weighted by Gasteiger charge is 2.25. The van der Waals surface area contributed by atoms with Crippen LogP contribution in [0.2, 0.25) is 0 Å². The summed E-state index contributed by atoms with van der Waals surface area (Å²) in [6.45, 7) is 3.97. The molecule has 0 atom stereocenters. The van der Waals surface area contributed by atoms with E-state index >= 15 is 0 Å². The van der Waals surface area contributed by atoms with Gasteiger partial charge in [-0.05, 0) is 49.2 Å². The van der Waals surface area contributed by atoms with Gasteiger partial charge in [0.2, 0.25) is 0 Å². The van der Waals surface area contributed by atoms with Gasteiger partial charge in [-0.15, -0.1) is 0 Å². The fraction of sp³-hybridized carbons (Fsp3) is 0.111. The predicted molar refractivity (Wildman–Crippen MR) is 85.8 cm³/mol. The highest BCUT2D eigenvalue weighted by atomic mass is 16.4. The summed E-state index contributed by atoms with van der Waals surface area (Å²) in [5.41, 5.74) is 5.06. The minimum absolute atomic E-state index is 0.169. The second kappa shape index (κ2) is 5.15. The number of rotatable bonds is 2. The third-order valence-corrected chi connectivity index (χ3v) is 3.78. The molecule has 2 aromatic carbocycles. The molecule has 0 aromatic heterocycles. The Morgan fingerprint density at radius 1 is 1.14 bits per heavy atom. The normalized spacial score (nSPS) is 14.8. The van der Waals surface area contributed by atoms with Crippen molar-refractivity contribution in [2.24, 2.45) is 0 Å². The summed E-state index contributed by atoms with van der Waals surface area (Å²) >= 11 is 0. The van der Waals surface area contributed by atoms with Crippen LogP contribution in [-0.4, -0.2) is 17.0 Å². The van der Waals surface area contributed by atoms with Gasteiger partial charge in [-0.1, -0.05) is 23.8 Å². The molecule has 1 heterocycles. The molecule has 1 aliphatic rings. The maximum atomic E-state index is 12.2. The molecule has 4 heteroatoms. The molecular formula is C18H15NO3. The summed E-state index contributed by atoms with van der Waals surface area (Å²) in [4.78, 5) is 23.3. The van der Waals surface area contributed by atoms with Gasteiger partial charge < -0.3 is 10.4 Å². The Labute approximate surface area is 128 Å². The Morgan fingerprint density at radius 2 is 1.91 bits per heavy atom. The minimum atomic E-state index is -1.01. The van der Waals surface area contributed by atoms with E-state index in [1.807, 2.05) is 38.1 Å². The Kier molecular flexibility index (Phi) is 3.29. The number of carboxylic acids is 1. The smallest absolute Gasteiger partial charge is 0.335 e. The standard InChI is InChI=1S/C18H15NO3/c1-10-3-4-11(2)13(7-10)9-15-14-8-12(18(21)22)5-6-16(14)19-17(15)20/h3-9H,1-2H3,(H,19,20)(H,21,22)/b15-9+. The third kappa shape index (κ3) is 2.39. The van der Waals surface area contributed by atoms with Gasteiger partial charge in [-0.2, -0.15) is 0 Å². The van der Waals surface area contributed by atoms with Crippen molar-refractivity contribution in [2.45, 2.75) is 13.8 Å². The van der Waals surface area contributed by atoms with Crippen LogP contribution in [0.5, 0.6) is 0 Å². The van der Waals surface area contributed by atoms with E-state index < -0.39 is 5.97 Å². The Hall–Kier alpha value is -2.88. The molecule has 0 saturated carbocycles. The second-order valence-corrected chi connectivity index (χ2v) is 5.44. The lowest BCUT2D eigenvalue weighted by atomic mass is 9.99. The number of benzene rings is 2.